The van der Waals surface area contributed by atoms with Crippen LogP contribution in [0.2, 0.25) is 0 Å². The van der Waals surface area contributed by atoms with E-state index in [1.54, 1.807) is 13.0 Å². The van der Waals surface area contributed by atoms with Gasteiger partial charge in [-0.3, -0.25) is 9.59 Å². The maximum Gasteiger partial charge on any atom is 0.243 e. The first-order valence-electron chi connectivity index (χ1n) is 6.35. The van der Waals surface area contributed by atoms with Crippen LogP contribution in [0.15, 0.2) is 29.2 Å². The fourth-order valence-corrected chi connectivity index (χ4v) is 2.60. The van der Waals surface area contributed by atoms with Gasteiger partial charge in [0.15, 0.2) is 5.78 Å². The van der Waals surface area contributed by atoms with Gasteiger partial charge in [-0.2, -0.15) is 0 Å². The lowest BCUT2D eigenvalue weighted by Gasteiger charge is -2.08. The molecule has 116 valence electrons. The number of carbonyl (C=O) groups excluding carboxylic acids is 2. The van der Waals surface area contributed by atoms with Crippen molar-refractivity contribution in [2.24, 2.45) is 5.73 Å². The summed E-state index contributed by atoms with van der Waals surface area (Å²) in [6.07, 6.45) is 0.303. The molecule has 8 heteroatoms. The first-order chi connectivity index (χ1) is 9.86. The normalized spacial score (nSPS) is 11.3. The van der Waals surface area contributed by atoms with Crippen molar-refractivity contribution in [1.82, 2.24) is 4.72 Å². The number of amides is 1. The van der Waals surface area contributed by atoms with Crippen LogP contribution in [0.1, 0.15) is 23.7 Å². The average molecular weight is 314 g/mol. The summed E-state index contributed by atoms with van der Waals surface area (Å²) in [5.41, 5.74) is 5.23. The number of primary amides is 1. The Morgan fingerprint density at radius 2 is 2.05 bits per heavy atom. The van der Waals surface area contributed by atoms with Gasteiger partial charge < -0.3 is 10.5 Å². The van der Waals surface area contributed by atoms with Gasteiger partial charge in [-0.25, -0.2) is 13.1 Å². The molecule has 1 amide bonds. The molecule has 3 N–H and O–H groups in total. The maximum atomic E-state index is 12.0. The number of hydrogen-bond acceptors (Lipinski definition) is 5. The molecule has 0 aliphatic carbocycles. The molecule has 0 fully saturated rings. The van der Waals surface area contributed by atoms with Crippen LogP contribution < -0.4 is 10.5 Å². The smallest absolute Gasteiger partial charge is 0.243 e. The quantitative estimate of drug-likeness (QED) is 0.494. The molecule has 1 aromatic carbocycles. The van der Waals surface area contributed by atoms with Gasteiger partial charge in [0.1, 0.15) is 6.61 Å². The van der Waals surface area contributed by atoms with Gasteiger partial charge in [-0.05, 0) is 12.1 Å². The highest BCUT2D eigenvalue weighted by Gasteiger charge is 2.15. The van der Waals surface area contributed by atoms with Crippen molar-refractivity contribution >= 4 is 21.7 Å². The largest absolute Gasteiger partial charge is 0.370 e. The van der Waals surface area contributed by atoms with Crippen molar-refractivity contribution in [3.63, 3.8) is 0 Å². The number of nitrogens with two attached hydrogens (primary N) is 1. The van der Waals surface area contributed by atoms with Crippen molar-refractivity contribution in [2.45, 2.75) is 18.2 Å². The Morgan fingerprint density at radius 1 is 1.33 bits per heavy atom. The molecular formula is C13H18N2O5S. The SMILES string of the molecule is CCC(=O)c1cccc(S(=O)(=O)NCCOCC(N)=O)c1. The van der Waals surface area contributed by atoms with Gasteiger partial charge in [0, 0.05) is 18.5 Å². The second-order valence-electron chi connectivity index (χ2n) is 4.22. The zero-order valence-corrected chi connectivity index (χ0v) is 12.5. The number of Topliss-reactive ketones (excluding diaryl/α,β-unsaturated/α-hetero) is 1. The second-order valence-corrected chi connectivity index (χ2v) is 5.99. The minimum atomic E-state index is -3.72. The van der Waals surface area contributed by atoms with Crippen LogP contribution in [-0.4, -0.2) is 39.9 Å². The standard InChI is InChI=1S/C13H18N2O5S/c1-2-12(16)10-4-3-5-11(8-10)21(18,19)15-6-7-20-9-13(14)17/h3-5,8,15H,2,6-7,9H2,1H3,(H2,14,17). The molecule has 0 aromatic heterocycles. The zero-order valence-electron chi connectivity index (χ0n) is 11.7. The molecule has 0 radical (unpaired) electrons. The predicted molar refractivity (Wildman–Crippen MR) is 76.3 cm³/mol. The van der Waals surface area contributed by atoms with Crippen LogP contribution in [0.4, 0.5) is 0 Å². The summed E-state index contributed by atoms with van der Waals surface area (Å²) in [5.74, 6) is -0.750. The van der Waals surface area contributed by atoms with Crippen molar-refractivity contribution in [2.75, 3.05) is 19.8 Å². The Morgan fingerprint density at radius 3 is 2.67 bits per heavy atom. The van der Waals surface area contributed by atoms with E-state index >= 15 is 0 Å². The first-order valence-corrected chi connectivity index (χ1v) is 7.84. The molecular weight excluding hydrogens is 296 g/mol. The molecule has 0 saturated carbocycles. The number of nitrogens with one attached hydrogen (secondary N) is 1. The third kappa shape index (κ3) is 5.62. The van der Waals surface area contributed by atoms with E-state index in [0.717, 1.165) is 0 Å². The average Bonchev–Trinajstić information content (AvgIpc) is 2.45. The van der Waals surface area contributed by atoms with Crippen molar-refractivity contribution in [3.05, 3.63) is 29.8 Å². The summed E-state index contributed by atoms with van der Waals surface area (Å²) >= 11 is 0. The van der Waals surface area contributed by atoms with Gasteiger partial charge in [0.25, 0.3) is 0 Å². The number of rotatable bonds is 9. The van der Waals surface area contributed by atoms with Gasteiger partial charge in [-0.15, -0.1) is 0 Å². The van der Waals surface area contributed by atoms with Crippen LogP contribution in [0.5, 0.6) is 0 Å². The van der Waals surface area contributed by atoms with Crippen molar-refractivity contribution in [1.29, 1.82) is 0 Å². The molecule has 0 unspecified atom stereocenters. The van der Waals surface area contributed by atoms with Gasteiger partial charge >= 0.3 is 0 Å². The molecule has 0 aliphatic heterocycles. The van der Waals surface area contributed by atoms with Crippen LogP contribution in [-0.2, 0) is 19.6 Å². The van der Waals surface area contributed by atoms with E-state index in [9.17, 15) is 18.0 Å². The number of carbonyl (C=O) groups is 2. The van der Waals surface area contributed by atoms with Crippen LogP contribution in [0.3, 0.4) is 0 Å². The molecule has 0 atom stereocenters. The Hall–Kier alpha value is -1.77. The van der Waals surface area contributed by atoms with E-state index in [0.29, 0.717) is 12.0 Å². The second kappa shape index (κ2) is 7.87. The fraction of sp³-hybridized carbons (Fsp3) is 0.385. The highest BCUT2D eigenvalue weighted by atomic mass is 32.2. The summed E-state index contributed by atoms with van der Waals surface area (Å²) in [5, 5.41) is 0. The predicted octanol–water partition coefficient (Wildman–Crippen LogP) is 0.0595. The number of benzene rings is 1. The number of ether oxygens (including phenoxy) is 1. The van der Waals surface area contributed by atoms with E-state index in [1.807, 2.05) is 0 Å². The minimum Gasteiger partial charge on any atom is -0.370 e. The molecule has 0 aliphatic rings. The number of ketones is 1. The van der Waals surface area contributed by atoms with Crippen LogP contribution in [0.25, 0.3) is 0 Å². The Balaban J connectivity index is 2.66. The van der Waals surface area contributed by atoms with Crippen molar-refractivity contribution < 1.29 is 22.7 Å². The molecule has 0 heterocycles. The van der Waals surface area contributed by atoms with Crippen LogP contribution in [0, 0.1) is 0 Å². The molecule has 0 bridgehead atoms. The molecule has 1 rings (SSSR count). The van der Waals surface area contributed by atoms with E-state index in [-0.39, 0.29) is 30.4 Å². The van der Waals surface area contributed by atoms with Crippen molar-refractivity contribution in [3.8, 4) is 0 Å². The Bertz CT molecular complexity index is 613. The third-order valence-electron chi connectivity index (χ3n) is 2.57. The maximum absolute atomic E-state index is 12.0. The van der Waals surface area contributed by atoms with Gasteiger partial charge in [-0.1, -0.05) is 19.1 Å². The van der Waals surface area contributed by atoms with Gasteiger partial charge in [0.05, 0.1) is 11.5 Å². The zero-order chi connectivity index (χ0) is 15.9. The molecule has 0 saturated heterocycles. The summed E-state index contributed by atoms with van der Waals surface area (Å²) < 4.78 is 31.2. The minimum absolute atomic E-state index is 0.00155. The van der Waals surface area contributed by atoms with E-state index in [2.05, 4.69) is 4.72 Å². The van der Waals surface area contributed by atoms with E-state index in [1.165, 1.54) is 18.2 Å². The molecule has 7 nitrogen and oxygen atoms in total. The number of sulfonamides is 1. The molecule has 21 heavy (non-hydrogen) atoms. The van der Waals surface area contributed by atoms with E-state index in [4.69, 9.17) is 10.5 Å². The van der Waals surface area contributed by atoms with Gasteiger partial charge in [0.2, 0.25) is 15.9 Å². The summed E-state index contributed by atoms with van der Waals surface area (Å²) in [6.45, 7) is 1.47. The summed E-state index contributed by atoms with van der Waals surface area (Å²) in [7, 11) is -3.72. The Labute approximate surface area is 123 Å². The highest BCUT2D eigenvalue weighted by Crippen LogP contribution is 2.12. The Kier molecular flexibility index (Phi) is 6.47. The summed E-state index contributed by atoms with van der Waals surface area (Å²) in [4.78, 5) is 22.0. The molecule has 0 spiro atoms. The lowest BCUT2D eigenvalue weighted by atomic mass is 10.1. The first kappa shape index (κ1) is 17.3. The summed E-state index contributed by atoms with van der Waals surface area (Å²) in [6, 6.07) is 5.82. The topological polar surface area (TPSA) is 116 Å². The lowest BCUT2D eigenvalue weighted by Crippen LogP contribution is -2.29. The highest BCUT2D eigenvalue weighted by molar-refractivity contribution is 7.89. The van der Waals surface area contributed by atoms with E-state index < -0.39 is 15.9 Å². The third-order valence-corrected chi connectivity index (χ3v) is 4.03. The van der Waals surface area contributed by atoms with Crippen LogP contribution >= 0.6 is 0 Å². The number of hydrogen-bond donors (Lipinski definition) is 2. The fourth-order valence-electron chi connectivity index (χ4n) is 1.55. The monoisotopic (exact) mass is 314 g/mol. The lowest BCUT2D eigenvalue weighted by molar-refractivity contribution is -0.122. The molecule has 1 aromatic rings.